The highest BCUT2D eigenvalue weighted by atomic mass is 32.2. The van der Waals surface area contributed by atoms with Crippen LogP contribution in [0.25, 0.3) is 6.08 Å². The standard InChI is InChI=1S/C19H24N2O4S2/c1-20(2)11-12-25-17(22)5-4-10-21-18(23)16(27-19(21)26)13-14-6-8-15(24-3)9-7-14/h6-9,13H,4-5,10-12H2,1-3H3/p+1/b16-13+. The fourth-order valence-electron chi connectivity index (χ4n) is 2.37. The van der Waals surface area contributed by atoms with Crippen molar-refractivity contribution in [3.63, 3.8) is 0 Å². The lowest BCUT2D eigenvalue weighted by atomic mass is 10.2. The molecular weight excluding hydrogens is 384 g/mol. The van der Waals surface area contributed by atoms with Gasteiger partial charge in [-0.1, -0.05) is 36.1 Å². The summed E-state index contributed by atoms with van der Waals surface area (Å²) in [5.41, 5.74) is 0.905. The van der Waals surface area contributed by atoms with Crippen molar-refractivity contribution in [2.75, 3.05) is 40.9 Å². The molecule has 0 unspecified atom stereocenters. The van der Waals surface area contributed by atoms with Gasteiger partial charge in [-0.25, -0.2) is 0 Å². The molecule has 1 aromatic carbocycles. The monoisotopic (exact) mass is 409 g/mol. The quantitative estimate of drug-likeness (QED) is 0.378. The van der Waals surface area contributed by atoms with Gasteiger partial charge in [-0.3, -0.25) is 14.5 Å². The Morgan fingerprint density at radius 3 is 2.63 bits per heavy atom. The van der Waals surface area contributed by atoms with Gasteiger partial charge >= 0.3 is 5.97 Å². The summed E-state index contributed by atoms with van der Waals surface area (Å²) < 4.78 is 10.8. The van der Waals surface area contributed by atoms with E-state index in [9.17, 15) is 9.59 Å². The van der Waals surface area contributed by atoms with Gasteiger partial charge < -0.3 is 14.4 Å². The zero-order chi connectivity index (χ0) is 19.8. The van der Waals surface area contributed by atoms with Crippen LogP contribution in [-0.2, 0) is 14.3 Å². The Morgan fingerprint density at radius 1 is 1.30 bits per heavy atom. The number of nitrogens with one attached hydrogen (secondary N) is 1. The molecule has 1 amide bonds. The van der Waals surface area contributed by atoms with Crippen molar-refractivity contribution in [2.24, 2.45) is 0 Å². The lowest BCUT2D eigenvalue weighted by Gasteiger charge is -2.14. The second-order valence-corrected chi connectivity index (χ2v) is 8.06. The number of esters is 1. The number of ether oxygens (including phenoxy) is 2. The van der Waals surface area contributed by atoms with Crippen molar-refractivity contribution in [2.45, 2.75) is 12.8 Å². The van der Waals surface area contributed by atoms with Gasteiger partial charge in [-0.05, 0) is 30.2 Å². The number of likely N-dealkylation sites (N-methyl/N-ethyl adjacent to an activating group) is 1. The van der Waals surface area contributed by atoms with Gasteiger partial charge in [0, 0.05) is 13.0 Å². The van der Waals surface area contributed by atoms with E-state index in [1.165, 1.54) is 16.7 Å². The lowest BCUT2D eigenvalue weighted by molar-refractivity contribution is -0.858. The minimum atomic E-state index is -0.240. The number of methoxy groups -OCH3 is 1. The number of carbonyl (C=O) groups is 2. The van der Waals surface area contributed by atoms with Gasteiger partial charge in [0.2, 0.25) is 0 Å². The molecule has 27 heavy (non-hydrogen) atoms. The number of carbonyl (C=O) groups excluding carboxylic acids is 2. The highest BCUT2D eigenvalue weighted by Gasteiger charge is 2.31. The molecule has 146 valence electrons. The second kappa shape index (κ2) is 10.4. The number of benzene rings is 1. The number of amides is 1. The summed E-state index contributed by atoms with van der Waals surface area (Å²) in [6.07, 6.45) is 2.61. The third kappa shape index (κ3) is 6.64. The average molecular weight is 410 g/mol. The van der Waals surface area contributed by atoms with Gasteiger partial charge in [0.1, 0.15) is 23.2 Å². The molecular formula is C19H25N2O4S2+. The topological polar surface area (TPSA) is 60.3 Å². The first-order valence-electron chi connectivity index (χ1n) is 8.75. The van der Waals surface area contributed by atoms with Crippen molar-refractivity contribution >= 4 is 46.3 Å². The van der Waals surface area contributed by atoms with Crippen LogP contribution in [0.3, 0.4) is 0 Å². The largest absolute Gasteiger partial charge is 0.497 e. The van der Waals surface area contributed by atoms with Gasteiger partial charge in [0.05, 0.1) is 26.1 Å². The van der Waals surface area contributed by atoms with E-state index in [0.29, 0.717) is 28.8 Å². The SMILES string of the molecule is COc1ccc(/C=C2/SC(=S)N(CCCC(=O)OCC[NH+](C)C)C2=O)cc1. The predicted molar refractivity (Wildman–Crippen MR) is 111 cm³/mol. The summed E-state index contributed by atoms with van der Waals surface area (Å²) in [7, 11) is 5.62. The smallest absolute Gasteiger partial charge is 0.306 e. The van der Waals surface area contributed by atoms with Crippen LogP contribution >= 0.6 is 24.0 Å². The van der Waals surface area contributed by atoms with E-state index in [4.69, 9.17) is 21.7 Å². The zero-order valence-corrected chi connectivity index (χ0v) is 17.5. The molecule has 6 nitrogen and oxygen atoms in total. The van der Waals surface area contributed by atoms with Crippen LogP contribution in [0.5, 0.6) is 5.75 Å². The van der Waals surface area contributed by atoms with Crippen LogP contribution in [0.4, 0.5) is 0 Å². The summed E-state index contributed by atoms with van der Waals surface area (Å²) in [6, 6.07) is 7.46. The number of hydrogen-bond donors (Lipinski definition) is 1. The zero-order valence-electron chi connectivity index (χ0n) is 15.8. The van der Waals surface area contributed by atoms with Crippen molar-refractivity contribution < 1.29 is 24.0 Å². The second-order valence-electron chi connectivity index (χ2n) is 6.39. The molecule has 0 saturated carbocycles. The van der Waals surface area contributed by atoms with E-state index in [0.717, 1.165) is 17.9 Å². The molecule has 0 spiro atoms. The van der Waals surface area contributed by atoms with Crippen LogP contribution in [0.1, 0.15) is 18.4 Å². The van der Waals surface area contributed by atoms with E-state index < -0.39 is 0 Å². The van der Waals surface area contributed by atoms with Crippen LogP contribution in [0.2, 0.25) is 0 Å². The molecule has 0 atom stereocenters. The molecule has 2 rings (SSSR count). The first-order valence-corrected chi connectivity index (χ1v) is 9.97. The number of thiocarbonyl (C=S) groups is 1. The predicted octanol–water partition coefficient (Wildman–Crippen LogP) is 1.36. The third-order valence-corrected chi connectivity index (χ3v) is 5.29. The van der Waals surface area contributed by atoms with E-state index in [1.807, 2.05) is 44.4 Å². The van der Waals surface area contributed by atoms with Crippen molar-refractivity contribution in [3.05, 3.63) is 34.7 Å². The minimum Gasteiger partial charge on any atom is -0.497 e. The molecule has 0 radical (unpaired) electrons. The summed E-state index contributed by atoms with van der Waals surface area (Å²) in [5, 5.41) is 0. The van der Waals surface area contributed by atoms with E-state index >= 15 is 0 Å². The van der Waals surface area contributed by atoms with Gasteiger partial charge in [-0.15, -0.1) is 0 Å². The lowest BCUT2D eigenvalue weighted by Crippen LogP contribution is -3.06. The average Bonchev–Trinajstić information content (AvgIpc) is 2.89. The molecule has 1 saturated heterocycles. The third-order valence-electron chi connectivity index (χ3n) is 3.91. The van der Waals surface area contributed by atoms with Crippen LogP contribution in [-0.4, -0.2) is 62.0 Å². The normalized spacial score (nSPS) is 15.7. The van der Waals surface area contributed by atoms with Crippen molar-refractivity contribution in [1.82, 2.24) is 4.90 Å². The molecule has 0 aromatic heterocycles. The molecule has 8 heteroatoms. The molecule has 1 aliphatic rings. The summed E-state index contributed by atoms with van der Waals surface area (Å²) in [6.45, 7) is 1.60. The maximum Gasteiger partial charge on any atom is 0.306 e. The maximum absolute atomic E-state index is 12.6. The number of nitrogens with zero attached hydrogens (tertiary/aromatic N) is 1. The molecule has 1 heterocycles. The maximum atomic E-state index is 12.6. The molecule has 0 aliphatic carbocycles. The minimum absolute atomic E-state index is 0.120. The number of rotatable bonds is 9. The Morgan fingerprint density at radius 2 is 2.00 bits per heavy atom. The van der Waals surface area contributed by atoms with Crippen LogP contribution < -0.4 is 9.64 Å². The molecule has 0 bridgehead atoms. The van der Waals surface area contributed by atoms with Crippen molar-refractivity contribution in [3.8, 4) is 5.75 Å². The Hall–Kier alpha value is -1.90. The van der Waals surface area contributed by atoms with Crippen molar-refractivity contribution in [1.29, 1.82) is 0 Å². The van der Waals surface area contributed by atoms with E-state index in [2.05, 4.69) is 0 Å². The van der Waals surface area contributed by atoms with Crippen LogP contribution in [0.15, 0.2) is 29.2 Å². The van der Waals surface area contributed by atoms with Gasteiger partial charge in [-0.2, -0.15) is 0 Å². The number of quaternary nitrogens is 1. The Kier molecular flexibility index (Phi) is 8.27. The first-order chi connectivity index (χ1) is 12.9. The molecule has 1 fully saturated rings. The highest BCUT2D eigenvalue weighted by Crippen LogP contribution is 2.32. The van der Waals surface area contributed by atoms with Gasteiger partial charge in [0.15, 0.2) is 0 Å². The summed E-state index contributed by atoms with van der Waals surface area (Å²) in [4.78, 5) is 27.7. The Balaban J connectivity index is 1.84. The molecule has 1 N–H and O–H groups in total. The number of thioether (sulfide) groups is 1. The highest BCUT2D eigenvalue weighted by molar-refractivity contribution is 8.26. The summed E-state index contributed by atoms with van der Waals surface area (Å²) in [5.74, 6) is 0.402. The molecule has 1 aliphatic heterocycles. The van der Waals surface area contributed by atoms with Gasteiger partial charge in [0.25, 0.3) is 5.91 Å². The Labute approximate surface area is 169 Å². The Bertz CT molecular complexity index is 717. The molecule has 1 aromatic rings. The first kappa shape index (κ1) is 21.4. The fourth-order valence-corrected chi connectivity index (χ4v) is 3.68. The fraction of sp³-hybridized carbons (Fsp3) is 0.421. The number of hydrogen-bond acceptors (Lipinski definition) is 6. The van der Waals surface area contributed by atoms with Crippen LogP contribution in [0, 0.1) is 0 Å². The van der Waals surface area contributed by atoms with E-state index in [1.54, 1.807) is 12.0 Å². The van der Waals surface area contributed by atoms with E-state index in [-0.39, 0.29) is 18.3 Å². The summed E-state index contributed by atoms with van der Waals surface area (Å²) >= 11 is 6.60.